The molecule has 18 heavy (non-hydrogen) atoms. The third-order valence-electron chi connectivity index (χ3n) is 3.24. The maximum Gasteiger partial charge on any atom is 0.327 e. The average Bonchev–Trinajstić information content (AvgIpc) is 2.73. The molecule has 1 atom stereocenters. The van der Waals surface area contributed by atoms with E-state index in [0.717, 1.165) is 13.0 Å². The quantitative estimate of drug-likeness (QED) is 0.817. The molecule has 0 saturated carbocycles. The van der Waals surface area contributed by atoms with Gasteiger partial charge in [-0.25, -0.2) is 4.79 Å². The molecule has 0 saturated heterocycles. The van der Waals surface area contributed by atoms with Gasteiger partial charge in [-0.2, -0.15) is 0 Å². The van der Waals surface area contributed by atoms with E-state index < -0.39 is 5.54 Å². The first-order chi connectivity index (χ1) is 8.54. The summed E-state index contributed by atoms with van der Waals surface area (Å²) >= 11 is 0. The van der Waals surface area contributed by atoms with Gasteiger partial charge in [0.05, 0.1) is 6.61 Å². The van der Waals surface area contributed by atoms with Crippen molar-refractivity contribution in [3.8, 4) is 0 Å². The zero-order valence-electron chi connectivity index (χ0n) is 11.0. The number of rotatable bonds is 4. The summed E-state index contributed by atoms with van der Waals surface area (Å²) in [4.78, 5) is 13.9. The lowest BCUT2D eigenvalue weighted by Gasteiger charge is -2.29. The Morgan fingerprint density at radius 2 is 2.22 bits per heavy atom. The Kier molecular flexibility index (Phi) is 3.57. The lowest BCUT2D eigenvalue weighted by atomic mass is 10.0. The number of carbonyl (C=O) groups is 1. The number of fused-ring (bicyclic) bond motifs is 1. The van der Waals surface area contributed by atoms with Gasteiger partial charge in [-0.05, 0) is 31.9 Å². The highest BCUT2D eigenvalue weighted by Crippen LogP contribution is 2.28. The minimum Gasteiger partial charge on any atom is -0.465 e. The predicted molar refractivity (Wildman–Crippen MR) is 71.6 cm³/mol. The smallest absolute Gasteiger partial charge is 0.327 e. The minimum absolute atomic E-state index is 0.339. The highest BCUT2D eigenvalue weighted by Gasteiger charge is 2.34. The molecule has 98 valence electrons. The van der Waals surface area contributed by atoms with Crippen molar-refractivity contribution in [2.75, 3.05) is 24.6 Å². The minimum atomic E-state index is -0.965. The summed E-state index contributed by atoms with van der Waals surface area (Å²) in [6.45, 7) is 5.28. The molecule has 0 radical (unpaired) electrons. The molecule has 4 nitrogen and oxygen atoms in total. The number of carbonyl (C=O) groups excluding carboxylic acids is 1. The molecule has 2 rings (SSSR count). The van der Waals surface area contributed by atoms with E-state index in [9.17, 15) is 4.79 Å². The fourth-order valence-electron chi connectivity index (χ4n) is 2.33. The Labute approximate surface area is 108 Å². The van der Waals surface area contributed by atoms with Crippen LogP contribution in [-0.4, -0.2) is 31.2 Å². The van der Waals surface area contributed by atoms with E-state index >= 15 is 0 Å². The number of benzene rings is 1. The first-order valence-electron chi connectivity index (χ1n) is 6.33. The molecule has 1 aliphatic rings. The fraction of sp³-hybridized carbons (Fsp3) is 0.500. The Hall–Kier alpha value is -1.55. The van der Waals surface area contributed by atoms with Crippen molar-refractivity contribution >= 4 is 11.7 Å². The molecule has 0 fully saturated rings. The van der Waals surface area contributed by atoms with E-state index in [4.69, 9.17) is 10.5 Å². The molecule has 1 aromatic carbocycles. The summed E-state index contributed by atoms with van der Waals surface area (Å²) in [5.41, 5.74) is 7.60. The number of nitrogens with two attached hydrogens (primary N) is 1. The maximum absolute atomic E-state index is 11.8. The molecule has 0 aliphatic carbocycles. The summed E-state index contributed by atoms with van der Waals surface area (Å²) in [5.74, 6) is -0.339. The molecule has 1 heterocycles. The van der Waals surface area contributed by atoms with Crippen LogP contribution in [0.3, 0.4) is 0 Å². The van der Waals surface area contributed by atoms with Crippen molar-refractivity contribution in [3.05, 3.63) is 29.8 Å². The zero-order valence-corrected chi connectivity index (χ0v) is 11.0. The van der Waals surface area contributed by atoms with E-state index in [2.05, 4.69) is 17.0 Å². The zero-order chi connectivity index (χ0) is 13.2. The van der Waals surface area contributed by atoms with Gasteiger partial charge in [-0.3, -0.25) is 0 Å². The third kappa shape index (κ3) is 2.48. The molecule has 1 aliphatic heterocycles. The van der Waals surface area contributed by atoms with Crippen LogP contribution in [0.2, 0.25) is 0 Å². The Morgan fingerprint density at radius 3 is 2.94 bits per heavy atom. The summed E-state index contributed by atoms with van der Waals surface area (Å²) in [6.07, 6.45) is 1.01. The number of para-hydroxylation sites is 1. The van der Waals surface area contributed by atoms with Crippen molar-refractivity contribution in [2.45, 2.75) is 25.8 Å². The molecule has 1 aromatic rings. The Morgan fingerprint density at radius 1 is 1.50 bits per heavy atom. The summed E-state index contributed by atoms with van der Waals surface area (Å²) in [6, 6.07) is 8.24. The molecule has 1 unspecified atom stereocenters. The van der Waals surface area contributed by atoms with Crippen LogP contribution in [0.25, 0.3) is 0 Å². The van der Waals surface area contributed by atoms with Crippen molar-refractivity contribution < 1.29 is 9.53 Å². The Balaban J connectivity index is 2.09. The standard InChI is InChI=1S/C14H20N2O2/c1-3-18-13(17)14(2,15)10-16-9-8-11-6-4-5-7-12(11)16/h4-7H,3,8-10,15H2,1-2H3. The van der Waals surface area contributed by atoms with Crippen LogP contribution in [-0.2, 0) is 16.0 Å². The summed E-state index contributed by atoms with van der Waals surface area (Å²) < 4.78 is 5.01. The van der Waals surface area contributed by atoms with Gasteiger partial charge in [-0.1, -0.05) is 18.2 Å². The molecular weight excluding hydrogens is 228 g/mol. The van der Waals surface area contributed by atoms with Crippen LogP contribution >= 0.6 is 0 Å². The third-order valence-corrected chi connectivity index (χ3v) is 3.24. The van der Waals surface area contributed by atoms with Gasteiger partial charge in [0.15, 0.2) is 0 Å². The number of hydrogen-bond donors (Lipinski definition) is 1. The second-order valence-corrected chi connectivity index (χ2v) is 4.94. The van der Waals surface area contributed by atoms with Gasteiger partial charge in [0, 0.05) is 18.8 Å². The normalized spacial score (nSPS) is 17.2. The molecule has 0 aromatic heterocycles. The topological polar surface area (TPSA) is 55.6 Å². The van der Waals surface area contributed by atoms with Gasteiger partial charge < -0.3 is 15.4 Å². The second kappa shape index (κ2) is 4.98. The molecular formula is C14H20N2O2. The van der Waals surface area contributed by atoms with E-state index in [-0.39, 0.29) is 5.97 Å². The number of nitrogens with zero attached hydrogens (tertiary/aromatic N) is 1. The monoisotopic (exact) mass is 248 g/mol. The summed E-state index contributed by atoms with van der Waals surface area (Å²) in [5, 5.41) is 0. The van der Waals surface area contributed by atoms with Crippen molar-refractivity contribution in [1.29, 1.82) is 0 Å². The SMILES string of the molecule is CCOC(=O)C(C)(N)CN1CCc2ccccc21. The van der Waals surface area contributed by atoms with Crippen molar-refractivity contribution in [2.24, 2.45) is 5.73 Å². The number of anilines is 1. The first kappa shape index (κ1) is 12.9. The highest BCUT2D eigenvalue weighted by atomic mass is 16.5. The number of esters is 1. The van der Waals surface area contributed by atoms with Crippen molar-refractivity contribution in [1.82, 2.24) is 0 Å². The van der Waals surface area contributed by atoms with Gasteiger partial charge in [0.1, 0.15) is 5.54 Å². The lowest BCUT2D eigenvalue weighted by Crippen LogP contribution is -2.54. The fourth-order valence-corrected chi connectivity index (χ4v) is 2.33. The largest absolute Gasteiger partial charge is 0.465 e. The number of hydrogen-bond acceptors (Lipinski definition) is 4. The van der Waals surface area contributed by atoms with E-state index in [1.165, 1.54) is 11.3 Å². The molecule has 0 amide bonds. The molecule has 4 heteroatoms. The first-order valence-corrected chi connectivity index (χ1v) is 6.33. The van der Waals surface area contributed by atoms with E-state index in [1.807, 2.05) is 12.1 Å². The lowest BCUT2D eigenvalue weighted by molar-refractivity contribution is -0.148. The maximum atomic E-state index is 11.8. The van der Waals surface area contributed by atoms with Crippen LogP contribution in [0.5, 0.6) is 0 Å². The van der Waals surface area contributed by atoms with Crippen LogP contribution < -0.4 is 10.6 Å². The average molecular weight is 248 g/mol. The van der Waals surface area contributed by atoms with Gasteiger partial charge in [-0.15, -0.1) is 0 Å². The predicted octanol–water partition coefficient (Wildman–Crippen LogP) is 1.33. The van der Waals surface area contributed by atoms with Crippen molar-refractivity contribution in [3.63, 3.8) is 0 Å². The van der Waals surface area contributed by atoms with E-state index in [0.29, 0.717) is 13.2 Å². The Bertz CT molecular complexity index is 443. The van der Waals surface area contributed by atoms with E-state index in [1.54, 1.807) is 13.8 Å². The highest BCUT2D eigenvalue weighted by molar-refractivity contribution is 5.81. The molecule has 0 bridgehead atoms. The summed E-state index contributed by atoms with van der Waals surface area (Å²) in [7, 11) is 0. The van der Waals surface area contributed by atoms with Gasteiger partial charge >= 0.3 is 5.97 Å². The second-order valence-electron chi connectivity index (χ2n) is 4.94. The van der Waals surface area contributed by atoms with Gasteiger partial charge in [0.25, 0.3) is 0 Å². The van der Waals surface area contributed by atoms with Crippen LogP contribution in [0.4, 0.5) is 5.69 Å². The number of ether oxygens (including phenoxy) is 1. The molecule has 0 spiro atoms. The van der Waals surface area contributed by atoms with Crippen LogP contribution in [0.15, 0.2) is 24.3 Å². The van der Waals surface area contributed by atoms with Gasteiger partial charge in [0.2, 0.25) is 0 Å². The van der Waals surface area contributed by atoms with Crippen LogP contribution in [0.1, 0.15) is 19.4 Å². The van der Waals surface area contributed by atoms with Crippen LogP contribution in [0, 0.1) is 0 Å². The molecule has 2 N–H and O–H groups in total.